The first-order chi connectivity index (χ1) is 14.7. The maximum atomic E-state index is 12.8. The lowest BCUT2D eigenvalue weighted by Gasteiger charge is -2.36. The van der Waals surface area contributed by atoms with Crippen LogP contribution in [0.2, 0.25) is 0 Å². The van der Waals surface area contributed by atoms with E-state index < -0.39 is 0 Å². The molecule has 2 aromatic rings. The van der Waals surface area contributed by atoms with Crippen molar-refractivity contribution in [2.24, 2.45) is 0 Å². The van der Waals surface area contributed by atoms with Gasteiger partial charge in [-0.1, -0.05) is 31.5 Å². The minimum atomic E-state index is -0.344. The van der Waals surface area contributed by atoms with Crippen LogP contribution in [0.15, 0.2) is 48.5 Å². The van der Waals surface area contributed by atoms with Gasteiger partial charge in [-0.3, -0.25) is 9.69 Å². The Morgan fingerprint density at radius 2 is 1.73 bits per heavy atom. The Bertz CT molecular complexity index is 859. The van der Waals surface area contributed by atoms with E-state index in [0.29, 0.717) is 0 Å². The summed E-state index contributed by atoms with van der Waals surface area (Å²) in [7, 11) is 1.70. The Labute approximate surface area is 180 Å². The first kappa shape index (κ1) is 20.7. The maximum Gasteiger partial charge on any atom is 0.235 e. The van der Waals surface area contributed by atoms with Gasteiger partial charge >= 0.3 is 0 Å². The van der Waals surface area contributed by atoms with Gasteiger partial charge < -0.3 is 15.0 Å². The second-order valence-corrected chi connectivity index (χ2v) is 8.42. The summed E-state index contributed by atoms with van der Waals surface area (Å²) in [4.78, 5) is 17.8. The molecule has 4 rings (SSSR count). The summed E-state index contributed by atoms with van der Waals surface area (Å²) in [5, 5.41) is 3.09. The number of piperazine rings is 1. The van der Waals surface area contributed by atoms with Gasteiger partial charge in [0.15, 0.2) is 0 Å². The first-order valence-corrected chi connectivity index (χ1v) is 11.2. The molecule has 0 radical (unpaired) electrons. The predicted molar refractivity (Wildman–Crippen MR) is 123 cm³/mol. The molecule has 30 heavy (non-hydrogen) atoms. The van der Waals surface area contributed by atoms with Gasteiger partial charge in [-0.2, -0.15) is 0 Å². The summed E-state index contributed by atoms with van der Waals surface area (Å²) in [6.07, 6.45) is 4.00. The van der Waals surface area contributed by atoms with Crippen LogP contribution in [0, 0.1) is 0 Å². The first-order valence-electron chi connectivity index (χ1n) is 11.2. The molecule has 5 nitrogen and oxygen atoms in total. The van der Waals surface area contributed by atoms with Crippen LogP contribution in [-0.4, -0.2) is 50.6 Å². The number of carbonyl (C=O) groups is 1. The number of rotatable bonds is 8. The maximum absolute atomic E-state index is 12.8. The van der Waals surface area contributed by atoms with Crippen molar-refractivity contribution in [3.8, 4) is 5.75 Å². The van der Waals surface area contributed by atoms with Gasteiger partial charge in [-0.05, 0) is 61.7 Å². The van der Waals surface area contributed by atoms with Crippen LogP contribution in [-0.2, 0) is 10.2 Å². The topological polar surface area (TPSA) is 44.8 Å². The van der Waals surface area contributed by atoms with Crippen LogP contribution < -0.4 is 15.0 Å². The fourth-order valence-corrected chi connectivity index (χ4v) is 4.93. The number of anilines is 2. The van der Waals surface area contributed by atoms with Crippen molar-refractivity contribution in [1.29, 1.82) is 0 Å². The van der Waals surface area contributed by atoms with Gasteiger partial charge in [0.05, 0.1) is 12.5 Å². The summed E-state index contributed by atoms with van der Waals surface area (Å²) in [6, 6.07) is 16.5. The van der Waals surface area contributed by atoms with Crippen molar-refractivity contribution >= 4 is 17.3 Å². The van der Waals surface area contributed by atoms with Gasteiger partial charge in [0.2, 0.25) is 5.91 Å². The molecule has 0 saturated carbocycles. The number of para-hydroxylation sites is 1. The Morgan fingerprint density at radius 1 is 1.00 bits per heavy atom. The van der Waals surface area contributed by atoms with Crippen molar-refractivity contribution in [2.75, 3.05) is 50.1 Å². The van der Waals surface area contributed by atoms with Gasteiger partial charge in [0, 0.05) is 37.6 Å². The molecule has 2 aliphatic rings. The number of methoxy groups -OCH3 is 1. The normalized spacial score (nSPS) is 21.4. The third kappa shape index (κ3) is 4.04. The highest BCUT2D eigenvalue weighted by Crippen LogP contribution is 2.43. The number of carbonyl (C=O) groups excluding carboxylic acids is 1. The summed E-state index contributed by atoms with van der Waals surface area (Å²) in [5.74, 6) is 1.08. The lowest BCUT2D eigenvalue weighted by molar-refractivity contribution is -0.121. The Hall–Kier alpha value is -2.53. The number of amides is 1. The number of nitrogens with zero attached hydrogens (tertiary/aromatic N) is 2. The molecule has 1 amide bonds. The molecule has 160 valence electrons. The number of benzene rings is 2. The second-order valence-electron chi connectivity index (χ2n) is 8.42. The van der Waals surface area contributed by atoms with E-state index in [-0.39, 0.29) is 11.3 Å². The van der Waals surface area contributed by atoms with Crippen LogP contribution in [0.4, 0.5) is 11.4 Å². The highest BCUT2D eigenvalue weighted by molar-refractivity contribution is 6.06. The molecule has 2 aromatic carbocycles. The number of ether oxygens (including phenoxy) is 1. The second kappa shape index (κ2) is 9.09. The number of nitrogens with one attached hydrogen (secondary N) is 1. The van der Waals surface area contributed by atoms with Crippen molar-refractivity contribution in [2.45, 2.75) is 38.0 Å². The molecule has 0 spiro atoms. The molecular formula is C25H33N3O2. The van der Waals surface area contributed by atoms with Crippen LogP contribution in [0.25, 0.3) is 0 Å². The molecule has 2 heterocycles. The zero-order chi connectivity index (χ0) is 21.0. The van der Waals surface area contributed by atoms with Gasteiger partial charge in [0.1, 0.15) is 5.75 Å². The number of fused-ring (bicyclic) bond motifs is 1. The molecule has 2 aliphatic heterocycles. The van der Waals surface area contributed by atoms with Crippen molar-refractivity contribution in [3.05, 3.63) is 54.1 Å². The van der Waals surface area contributed by atoms with Crippen LogP contribution in [0.5, 0.6) is 5.75 Å². The summed E-state index contributed by atoms with van der Waals surface area (Å²) in [6.45, 7) is 7.55. The largest absolute Gasteiger partial charge is 0.497 e. The highest BCUT2D eigenvalue weighted by Gasteiger charge is 2.44. The van der Waals surface area contributed by atoms with Crippen molar-refractivity contribution < 1.29 is 9.53 Å². The number of hydrogen-bond acceptors (Lipinski definition) is 4. The van der Waals surface area contributed by atoms with E-state index in [1.807, 2.05) is 30.3 Å². The Kier molecular flexibility index (Phi) is 6.28. The third-order valence-electron chi connectivity index (χ3n) is 6.87. The predicted octanol–water partition coefficient (Wildman–Crippen LogP) is 4.29. The van der Waals surface area contributed by atoms with Gasteiger partial charge in [-0.25, -0.2) is 0 Å². The van der Waals surface area contributed by atoms with E-state index in [2.05, 4.69) is 40.2 Å². The summed E-state index contributed by atoms with van der Waals surface area (Å²) >= 11 is 0. The molecule has 0 aliphatic carbocycles. The van der Waals surface area contributed by atoms with E-state index in [1.165, 1.54) is 11.3 Å². The van der Waals surface area contributed by atoms with E-state index in [9.17, 15) is 4.79 Å². The molecule has 1 fully saturated rings. The molecule has 5 heteroatoms. The highest BCUT2D eigenvalue weighted by atomic mass is 16.5. The monoisotopic (exact) mass is 407 g/mol. The van der Waals surface area contributed by atoms with E-state index in [1.54, 1.807) is 7.11 Å². The molecule has 0 bridgehead atoms. The van der Waals surface area contributed by atoms with E-state index in [0.717, 1.165) is 69.8 Å². The molecule has 1 saturated heterocycles. The molecular weight excluding hydrogens is 374 g/mol. The van der Waals surface area contributed by atoms with Crippen molar-refractivity contribution in [3.63, 3.8) is 0 Å². The molecule has 1 unspecified atom stereocenters. The van der Waals surface area contributed by atoms with Crippen LogP contribution in [0.1, 0.15) is 38.2 Å². The molecule has 1 N–H and O–H groups in total. The summed E-state index contributed by atoms with van der Waals surface area (Å²) in [5.41, 5.74) is 3.11. The Balaban J connectivity index is 1.24. The fraction of sp³-hybridized carbons (Fsp3) is 0.480. The van der Waals surface area contributed by atoms with Crippen molar-refractivity contribution in [1.82, 2.24) is 4.90 Å². The zero-order valence-corrected chi connectivity index (χ0v) is 18.2. The van der Waals surface area contributed by atoms with E-state index in [4.69, 9.17) is 4.74 Å². The van der Waals surface area contributed by atoms with Gasteiger partial charge in [-0.15, -0.1) is 0 Å². The minimum Gasteiger partial charge on any atom is -0.497 e. The molecule has 1 atom stereocenters. The number of unbranched alkanes of at least 4 members (excludes halogenated alkanes) is 1. The quantitative estimate of drug-likeness (QED) is 0.663. The number of hydrogen-bond donors (Lipinski definition) is 1. The third-order valence-corrected chi connectivity index (χ3v) is 6.87. The standard InChI is InChI=1S/C25H33N3O2/c1-3-25(22-8-4-5-9-23(22)26-24(25)29)14-6-7-15-27-16-18-28(19-17-27)20-10-12-21(30-2)13-11-20/h4-5,8-13H,3,6-7,14-19H2,1-2H3,(H,26,29). The zero-order valence-electron chi connectivity index (χ0n) is 18.2. The van der Waals surface area contributed by atoms with Crippen LogP contribution >= 0.6 is 0 Å². The lowest BCUT2D eigenvalue weighted by atomic mass is 9.75. The lowest BCUT2D eigenvalue weighted by Crippen LogP contribution is -2.46. The summed E-state index contributed by atoms with van der Waals surface area (Å²) < 4.78 is 5.25. The average Bonchev–Trinajstić information content (AvgIpc) is 3.08. The van der Waals surface area contributed by atoms with Gasteiger partial charge in [0.25, 0.3) is 0 Å². The molecule has 0 aromatic heterocycles. The minimum absolute atomic E-state index is 0.180. The SMILES string of the molecule is CCC1(CCCCN2CCN(c3ccc(OC)cc3)CC2)C(=O)Nc2ccccc21. The smallest absolute Gasteiger partial charge is 0.235 e. The fourth-order valence-electron chi connectivity index (χ4n) is 4.93. The average molecular weight is 408 g/mol. The van der Waals surface area contributed by atoms with Crippen LogP contribution in [0.3, 0.4) is 0 Å². The van der Waals surface area contributed by atoms with E-state index >= 15 is 0 Å². The Morgan fingerprint density at radius 3 is 2.43 bits per heavy atom.